The first-order valence-electron chi connectivity index (χ1n) is 6.05. The molecular weight excluding hydrogens is 290 g/mol. The lowest BCUT2D eigenvalue weighted by Gasteiger charge is -2.12. The number of nitrogens with one attached hydrogen (secondary N) is 1. The molecule has 0 saturated heterocycles. The number of hydrogen-bond acceptors (Lipinski definition) is 3. The zero-order valence-electron chi connectivity index (χ0n) is 11.1. The second-order valence-corrected chi connectivity index (χ2v) is 4.25. The van der Waals surface area contributed by atoms with Crippen LogP contribution in [-0.2, 0) is 17.5 Å². The number of alkyl halides is 3. The molecule has 0 aliphatic rings. The summed E-state index contributed by atoms with van der Waals surface area (Å²) in [5, 5.41) is 2.56. The van der Waals surface area contributed by atoms with E-state index >= 15 is 0 Å². The Bertz CT molecular complexity index is 610. The van der Waals surface area contributed by atoms with E-state index in [1.807, 2.05) is 0 Å². The van der Waals surface area contributed by atoms with E-state index in [9.17, 15) is 17.6 Å². The van der Waals surface area contributed by atoms with E-state index in [0.29, 0.717) is 25.3 Å². The number of imidazole rings is 1. The predicted molar refractivity (Wildman–Crippen MR) is 68.8 cm³/mol. The number of methoxy groups -OCH3 is 1. The van der Waals surface area contributed by atoms with Crippen molar-refractivity contribution in [3.8, 4) is 0 Å². The fraction of sp³-hybridized carbons (Fsp3) is 0.308. The normalized spacial score (nSPS) is 11.7. The van der Waals surface area contributed by atoms with E-state index in [-0.39, 0.29) is 11.6 Å². The third-order valence-electron chi connectivity index (χ3n) is 2.79. The number of aromatic nitrogens is 2. The molecule has 1 aromatic carbocycles. The number of rotatable bonds is 5. The maximum absolute atomic E-state index is 13.6. The molecule has 0 fully saturated rings. The van der Waals surface area contributed by atoms with Crippen LogP contribution in [0.4, 0.5) is 29.2 Å². The zero-order valence-corrected chi connectivity index (χ0v) is 11.1. The molecule has 0 bridgehead atoms. The van der Waals surface area contributed by atoms with E-state index < -0.39 is 17.6 Å². The number of halogens is 4. The van der Waals surface area contributed by atoms with Crippen LogP contribution < -0.4 is 5.32 Å². The average molecular weight is 303 g/mol. The molecule has 1 N–H and O–H groups in total. The smallest absolute Gasteiger partial charge is 0.383 e. The van der Waals surface area contributed by atoms with Gasteiger partial charge in [0.2, 0.25) is 5.95 Å². The maximum Gasteiger partial charge on any atom is 0.416 e. The molecule has 1 aromatic heterocycles. The van der Waals surface area contributed by atoms with Crippen LogP contribution in [0.2, 0.25) is 0 Å². The van der Waals surface area contributed by atoms with Crippen molar-refractivity contribution in [1.82, 2.24) is 9.55 Å². The molecular formula is C13H13F4N3O. The molecule has 8 heteroatoms. The summed E-state index contributed by atoms with van der Waals surface area (Å²) in [6.07, 6.45) is -1.45. The predicted octanol–water partition coefficient (Wildman–Crippen LogP) is 3.43. The Balaban J connectivity index is 2.25. The lowest BCUT2D eigenvalue weighted by Crippen LogP contribution is -2.09. The van der Waals surface area contributed by atoms with Gasteiger partial charge in [0.15, 0.2) is 0 Å². The Morgan fingerprint density at radius 1 is 1.33 bits per heavy atom. The van der Waals surface area contributed by atoms with Gasteiger partial charge in [0.25, 0.3) is 0 Å². The van der Waals surface area contributed by atoms with Gasteiger partial charge < -0.3 is 14.6 Å². The van der Waals surface area contributed by atoms with Gasteiger partial charge in [-0.3, -0.25) is 0 Å². The minimum absolute atomic E-state index is 0.241. The highest BCUT2D eigenvalue weighted by Crippen LogP contribution is 2.32. The zero-order chi connectivity index (χ0) is 15.5. The summed E-state index contributed by atoms with van der Waals surface area (Å²) < 4.78 is 58.1. The van der Waals surface area contributed by atoms with Crippen LogP contribution >= 0.6 is 0 Å². The largest absolute Gasteiger partial charge is 0.416 e. The Morgan fingerprint density at radius 2 is 2.10 bits per heavy atom. The molecule has 0 amide bonds. The van der Waals surface area contributed by atoms with Crippen molar-refractivity contribution < 1.29 is 22.3 Å². The highest BCUT2D eigenvalue weighted by Gasteiger charge is 2.31. The van der Waals surface area contributed by atoms with Gasteiger partial charge in [-0.2, -0.15) is 13.2 Å². The SMILES string of the molecule is COCCn1ccnc1Nc1cc(C(F)(F)F)ccc1F. The summed E-state index contributed by atoms with van der Waals surface area (Å²) >= 11 is 0. The van der Waals surface area contributed by atoms with Gasteiger partial charge in [-0.15, -0.1) is 0 Å². The van der Waals surface area contributed by atoms with Gasteiger partial charge in [-0.05, 0) is 18.2 Å². The van der Waals surface area contributed by atoms with Gasteiger partial charge in [0, 0.05) is 26.0 Å². The van der Waals surface area contributed by atoms with Crippen LogP contribution in [0.3, 0.4) is 0 Å². The van der Waals surface area contributed by atoms with Crippen LogP contribution in [0.15, 0.2) is 30.6 Å². The van der Waals surface area contributed by atoms with Gasteiger partial charge in [0.05, 0.1) is 17.9 Å². The molecule has 0 aliphatic heterocycles. The van der Waals surface area contributed by atoms with Crippen LogP contribution in [0, 0.1) is 5.82 Å². The minimum Gasteiger partial charge on any atom is -0.383 e. The minimum atomic E-state index is -4.53. The number of anilines is 2. The second kappa shape index (κ2) is 6.13. The molecule has 0 unspecified atom stereocenters. The molecule has 4 nitrogen and oxygen atoms in total. The van der Waals surface area contributed by atoms with Crippen molar-refractivity contribution in [3.63, 3.8) is 0 Å². The maximum atomic E-state index is 13.6. The highest BCUT2D eigenvalue weighted by molar-refractivity contribution is 5.56. The van der Waals surface area contributed by atoms with Gasteiger partial charge in [-0.25, -0.2) is 9.37 Å². The molecule has 0 spiro atoms. The highest BCUT2D eigenvalue weighted by atomic mass is 19.4. The molecule has 0 aliphatic carbocycles. The molecule has 2 aromatic rings. The summed E-state index contributed by atoms with van der Waals surface area (Å²) in [4.78, 5) is 3.95. The van der Waals surface area contributed by atoms with E-state index in [0.717, 1.165) is 6.07 Å². The van der Waals surface area contributed by atoms with Crippen molar-refractivity contribution >= 4 is 11.6 Å². The second-order valence-electron chi connectivity index (χ2n) is 4.25. The number of hydrogen-bond donors (Lipinski definition) is 1. The standard InChI is InChI=1S/C13H13F4N3O/c1-21-7-6-20-5-4-18-12(20)19-11-8-9(13(15,16)17)2-3-10(11)14/h2-5,8H,6-7H2,1H3,(H,18,19). The van der Waals surface area contributed by atoms with Gasteiger partial charge in [-0.1, -0.05) is 0 Å². The van der Waals surface area contributed by atoms with Crippen molar-refractivity contribution in [2.45, 2.75) is 12.7 Å². The van der Waals surface area contributed by atoms with E-state index in [1.165, 1.54) is 13.3 Å². The Labute approximate surface area is 118 Å². The van der Waals surface area contributed by atoms with Gasteiger partial charge >= 0.3 is 6.18 Å². The fourth-order valence-corrected chi connectivity index (χ4v) is 1.72. The fourth-order valence-electron chi connectivity index (χ4n) is 1.72. The summed E-state index contributed by atoms with van der Waals surface area (Å²) in [5.41, 5.74) is -1.21. The molecule has 21 heavy (non-hydrogen) atoms. The first-order chi connectivity index (χ1) is 9.91. The summed E-state index contributed by atoms with van der Waals surface area (Å²) in [6.45, 7) is 0.843. The third kappa shape index (κ3) is 3.72. The average Bonchev–Trinajstić information content (AvgIpc) is 2.85. The molecule has 0 radical (unpaired) electrons. The molecule has 114 valence electrons. The Hall–Kier alpha value is -2.09. The van der Waals surface area contributed by atoms with E-state index in [1.54, 1.807) is 10.8 Å². The van der Waals surface area contributed by atoms with Crippen molar-refractivity contribution in [2.24, 2.45) is 0 Å². The molecule has 1 heterocycles. The quantitative estimate of drug-likeness (QED) is 0.860. The lowest BCUT2D eigenvalue weighted by atomic mass is 10.2. The summed E-state index contributed by atoms with van der Waals surface area (Å²) in [5.74, 6) is -0.547. The monoisotopic (exact) mass is 303 g/mol. The van der Waals surface area contributed by atoms with Crippen molar-refractivity contribution in [3.05, 3.63) is 42.0 Å². The van der Waals surface area contributed by atoms with Crippen LogP contribution in [0.25, 0.3) is 0 Å². The third-order valence-corrected chi connectivity index (χ3v) is 2.79. The van der Waals surface area contributed by atoms with E-state index in [2.05, 4.69) is 10.3 Å². The Kier molecular flexibility index (Phi) is 4.46. The van der Waals surface area contributed by atoms with Crippen LogP contribution in [-0.4, -0.2) is 23.3 Å². The molecule has 2 rings (SSSR count). The first kappa shape index (κ1) is 15.3. The van der Waals surface area contributed by atoms with Crippen molar-refractivity contribution in [2.75, 3.05) is 19.0 Å². The summed E-state index contributed by atoms with van der Waals surface area (Å²) in [7, 11) is 1.52. The lowest BCUT2D eigenvalue weighted by molar-refractivity contribution is -0.137. The summed E-state index contributed by atoms with van der Waals surface area (Å²) in [6, 6.07) is 2.18. The topological polar surface area (TPSA) is 39.1 Å². The number of nitrogens with zero attached hydrogens (tertiary/aromatic N) is 2. The van der Waals surface area contributed by atoms with Crippen LogP contribution in [0.5, 0.6) is 0 Å². The number of ether oxygens (including phenoxy) is 1. The number of benzene rings is 1. The van der Waals surface area contributed by atoms with E-state index in [4.69, 9.17) is 4.74 Å². The van der Waals surface area contributed by atoms with Gasteiger partial charge in [0.1, 0.15) is 5.82 Å². The molecule has 0 atom stereocenters. The molecule has 0 saturated carbocycles. The Morgan fingerprint density at radius 3 is 2.76 bits per heavy atom. The van der Waals surface area contributed by atoms with Crippen LogP contribution in [0.1, 0.15) is 5.56 Å². The van der Waals surface area contributed by atoms with Crippen molar-refractivity contribution in [1.29, 1.82) is 0 Å². The first-order valence-corrected chi connectivity index (χ1v) is 6.05.